The van der Waals surface area contributed by atoms with Crippen LogP contribution in [0.3, 0.4) is 0 Å². The molecule has 146 valence electrons. The van der Waals surface area contributed by atoms with Crippen molar-refractivity contribution in [3.8, 4) is 11.1 Å². The second-order valence-electron chi connectivity index (χ2n) is 7.24. The lowest BCUT2D eigenvalue weighted by atomic mass is 9.79. The van der Waals surface area contributed by atoms with Crippen LogP contribution < -0.4 is 0 Å². The monoisotopic (exact) mass is 442 g/mol. The predicted molar refractivity (Wildman–Crippen MR) is 104 cm³/mol. The van der Waals surface area contributed by atoms with Crippen molar-refractivity contribution in [3.05, 3.63) is 57.6 Å². The van der Waals surface area contributed by atoms with E-state index in [0.29, 0.717) is 16.5 Å². The van der Waals surface area contributed by atoms with Gasteiger partial charge in [-0.25, -0.2) is 0 Å². The van der Waals surface area contributed by atoms with E-state index in [1.165, 1.54) is 31.4 Å². The number of hydrogen-bond acceptors (Lipinski definition) is 0. The molecule has 0 bridgehead atoms. The fourth-order valence-electron chi connectivity index (χ4n) is 3.70. The number of halogens is 5. The molecule has 0 amide bonds. The maximum Gasteiger partial charge on any atom is 0.340 e. The van der Waals surface area contributed by atoms with Gasteiger partial charge in [0.05, 0.1) is 0 Å². The van der Waals surface area contributed by atoms with Crippen molar-refractivity contribution in [3.63, 3.8) is 0 Å². The standard InChI is InChI=1S/C22H23BrF4/c1-2-3-4-5-6-7-8-15-9-11-17-18-12-10-16(23)14-20(18)22(26,27)21(24,25)19(17)13-15/h9-14H,2-8H2,1H3. The molecular formula is C22H23BrF4. The zero-order chi connectivity index (χ0) is 19.7. The second kappa shape index (κ2) is 7.94. The van der Waals surface area contributed by atoms with Crippen LogP contribution in [0, 0.1) is 0 Å². The predicted octanol–water partition coefficient (Wildman–Crippen LogP) is 8.22. The molecule has 0 fully saturated rings. The van der Waals surface area contributed by atoms with Crippen LogP contribution in [0.15, 0.2) is 40.9 Å². The Labute approximate surface area is 166 Å². The average molecular weight is 443 g/mol. The fraction of sp³-hybridized carbons (Fsp3) is 0.455. The Bertz CT molecular complexity index is 814. The third-order valence-corrected chi connectivity index (χ3v) is 5.74. The first-order valence-electron chi connectivity index (χ1n) is 9.48. The highest BCUT2D eigenvalue weighted by Crippen LogP contribution is 2.58. The van der Waals surface area contributed by atoms with Crippen LogP contribution in [0.1, 0.15) is 62.1 Å². The van der Waals surface area contributed by atoms with Crippen LogP contribution >= 0.6 is 15.9 Å². The van der Waals surface area contributed by atoms with E-state index in [4.69, 9.17) is 0 Å². The Morgan fingerprint density at radius 3 is 1.96 bits per heavy atom. The van der Waals surface area contributed by atoms with Gasteiger partial charge in [0.15, 0.2) is 0 Å². The van der Waals surface area contributed by atoms with E-state index in [2.05, 4.69) is 22.9 Å². The third kappa shape index (κ3) is 3.80. The molecule has 0 saturated heterocycles. The third-order valence-electron chi connectivity index (χ3n) is 5.25. The van der Waals surface area contributed by atoms with E-state index in [1.54, 1.807) is 18.2 Å². The molecule has 0 saturated carbocycles. The van der Waals surface area contributed by atoms with Gasteiger partial charge in [-0.15, -0.1) is 0 Å². The summed E-state index contributed by atoms with van der Waals surface area (Å²) < 4.78 is 59.1. The van der Waals surface area contributed by atoms with Crippen molar-refractivity contribution in [1.29, 1.82) is 0 Å². The molecule has 1 aliphatic carbocycles. The number of hydrogen-bond donors (Lipinski definition) is 0. The van der Waals surface area contributed by atoms with Gasteiger partial charge >= 0.3 is 11.8 Å². The van der Waals surface area contributed by atoms with Crippen molar-refractivity contribution >= 4 is 15.9 Å². The minimum atomic E-state index is -4.24. The van der Waals surface area contributed by atoms with Crippen LogP contribution in [-0.2, 0) is 18.3 Å². The number of alkyl halides is 4. The minimum absolute atomic E-state index is 0.176. The summed E-state index contributed by atoms with van der Waals surface area (Å²) in [4.78, 5) is 0. The zero-order valence-corrected chi connectivity index (χ0v) is 16.9. The molecule has 0 aliphatic heterocycles. The Morgan fingerprint density at radius 1 is 0.741 bits per heavy atom. The summed E-state index contributed by atoms with van der Waals surface area (Å²) in [6.07, 6.45) is 7.22. The van der Waals surface area contributed by atoms with E-state index in [-0.39, 0.29) is 11.1 Å². The number of benzene rings is 2. The number of rotatable bonds is 7. The smallest absolute Gasteiger partial charge is 0.194 e. The van der Waals surface area contributed by atoms with E-state index in [0.717, 1.165) is 25.3 Å². The van der Waals surface area contributed by atoms with Crippen molar-refractivity contribution < 1.29 is 17.6 Å². The molecule has 0 radical (unpaired) electrons. The summed E-state index contributed by atoms with van der Waals surface area (Å²) in [5.74, 6) is -8.47. The van der Waals surface area contributed by atoms with Crippen LogP contribution in [0.5, 0.6) is 0 Å². The van der Waals surface area contributed by atoms with E-state index in [9.17, 15) is 17.6 Å². The highest BCUT2D eigenvalue weighted by atomic mass is 79.9. The van der Waals surface area contributed by atoms with Gasteiger partial charge in [0.2, 0.25) is 0 Å². The number of unbranched alkanes of at least 4 members (excludes halogenated alkanes) is 5. The SMILES string of the molecule is CCCCCCCCc1ccc2c(c1)C(F)(F)C(F)(F)c1cc(Br)ccc1-2. The first kappa shape index (κ1) is 20.4. The molecule has 0 nitrogen and oxygen atoms in total. The molecule has 2 aromatic rings. The summed E-state index contributed by atoms with van der Waals surface area (Å²) >= 11 is 3.10. The molecule has 0 aromatic heterocycles. The minimum Gasteiger partial charge on any atom is -0.194 e. The normalized spacial score (nSPS) is 16.7. The molecule has 0 atom stereocenters. The van der Waals surface area contributed by atoms with Crippen molar-refractivity contribution in [2.45, 2.75) is 63.7 Å². The lowest BCUT2D eigenvalue weighted by Gasteiger charge is -2.35. The Balaban J connectivity index is 1.88. The van der Waals surface area contributed by atoms with Gasteiger partial charge in [-0.3, -0.25) is 0 Å². The largest absolute Gasteiger partial charge is 0.340 e. The summed E-state index contributed by atoms with van der Waals surface area (Å²) in [6, 6.07) is 8.81. The van der Waals surface area contributed by atoms with Gasteiger partial charge in [-0.05, 0) is 47.7 Å². The van der Waals surface area contributed by atoms with Crippen molar-refractivity contribution in [2.24, 2.45) is 0 Å². The van der Waals surface area contributed by atoms with Gasteiger partial charge in [0.1, 0.15) is 0 Å². The van der Waals surface area contributed by atoms with Crippen molar-refractivity contribution in [2.75, 3.05) is 0 Å². The molecule has 0 spiro atoms. The van der Waals surface area contributed by atoms with Gasteiger partial charge in [0, 0.05) is 15.6 Å². The maximum atomic E-state index is 14.7. The zero-order valence-electron chi connectivity index (χ0n) is 15.3. The van der Waals surface area contributed by atoms with Gasteiger partial charge in [-0.2, -0.15) is 17.6 Å². The summed E-state index contributed by atoms with van der Waals surface area (Å²) in [5.41, 5.74) is -0.125. The second-order valence-corrected chi connectivity index (χ2v) is 8.15. The first-order valence-corrected chi connectivity index (χ1v) is 10.3. The molecule has 27 heavy (non-hydrogen) atoms. The highest BCUT2D eigenvalue weighted by Gasteiger charge is 2.62. The van der Waals surface area contributed by atoms with Crippen LogP contribution in [0.4, 0.5) is 17.6 Å². The topological polar surface area (TPSA) is 0 Å². The summed E-state index contributed by atoms with van der Waals surface area (Å²) in [6.45, 7) is 2.15. The van der Waals surface area contributed by atoms with Gasteiger partial charge in [-0.1, -0.05) is 73.2 Å². The van der Waals surface area contributed by atoms with E-state index in [1.807, 2.05) is 0 Å². The van der Waals surface area contributed by atoms with Gasteiger partial charge in [0.25, 0.3) is 0 Å². The van der Waals surface area contributed by atoms with Crippen molar-refractivity contribution in [1.82, 2.24) is 0 Å². The fourth-order valence-corrected chi connectivity index (χ4v) is 4.06. The van der Waals surface area contributed by atoms with E-state index < -0.39 is 23.0 Å². The molecule has 5 heteroatoms. The molecular weight excluding hydrogens is 420 g/mol. The van der Waals surface area contributed by atoms with Gasteiger partial charge < -0.3 is 0 Å². The molecule has 1 aliphatic rings. The Morgan fingerprint density at radius 2 is 1.30 bits per heavy atom. The summed E-state index contributed by atoms with van der Waals surface area (Å²) in [7, 11) is 0. The highest BCUT2D eigenvalue weighted by molar-refractivity contribution is 9.10. The first-order chi connectivity index (χ1) is 12.8. The van der Waals surface area contributed by atoms with Crippen LogP contribution in [-0.4, -0.2) is 0 Å². The Hall–Kier alpha value is -1.36. The lowest BCUT2D eigenvalue weighted by molar-refractivity contribution is -0.225. The average Bonchev–Trinajstić information content (AvgIpc) is 2.63. The molecule has 0 unspecified atom stereocenters. The molecule has 3 rings (SSSR count). The van der Waals surface area contributed by atoms with E-state index >= 15 is 0 Å². The molecule has 0 heterocycles. The number of aryl methyl sites for hydroxylation is 1. The molecule has 0 N–H and O–H groups in total. The lowest BCUT2D eigenvalue weighted by Crippen LogP contribution is -2.39. The number of fused-ring (bicyclic) bond motifs is 3. The quantitative estimate of drug-likeness (QED) is 0.299. The summed E-state index contributed by atoms with van der Waals surface area (Å²) in [5, 5.41) is 0. The maximum absolute atomic E-state index is 14.7. The Kier molecular flexibility index (Phi) is 5.99. The van der Waals surface area contributed by atoms with Crippen LogP contribution in [0.25, 0.3) is 11.1 Å². The van der Waals surface area contributed by atoms with Crippen LogP contribution in [0.2, 0.25) is 0 Å². The molecule has 2 aromatic carbocycles.